The van der Waals surface area contributed by atoms with Gasteiger partial charge in [0.15, 0.2) is 0 Å². The van der Waals surface area contributed by atoms with E-state index in [1.807, 2.05) is 9.80 Å². The van der Waals surface area contributed by atoms with Gasteiger partial charge in [-0.3, -0.25) is 9.59 Å². The van der Waals surface area contributed by atoms with Gasteiger partial charge in [0, 0.05) is 42.1 Å². The molecule has 1 aromatic carbocycles. The van der Waals surface area contributed by atoms with Crippen LogP contribution in [-0.2, 0) is 16.0 Å². The van der Waals surface area contributed by atoms with Gasteiger partial charge in [0.05, 0.1) is 6.42 Å². The molecule has 2 heterocycles. The van der Waals surface area contributed by atoms with E-state index in [1.54, 1.807) is 18.2 Å². The first-order chi connectivity index (χ1) is 12.0. The third-order valence-electron chi connectivity index (χ3n) is 5.22. The summed E-state index contributed by atoms with van der Waals surface area (Å²) in [7, 11) is 0. The van der Waals surface area contributed by atoms with Crippen molar-refractivity contribution < 1.29 is 9.59 Å². The Morgan fingerprint density at radius 3 is 2.28 bits per heavy atom. The van der Waals surface area contributed by atoms with Gasteiger partial charge in [-0.2, -0.15) is 0 Å². The minimum atomic E-state index is 0.0630. The number of hydrogen-bond donors (Lipinski definition) is 0. The number of benzene rings is 1. The Bertz CT molecular complexity index is 636. The van der Waals surface area contributed by atoms with Crippen molar-refractivity contribution in [3.8, 4) is 0 Å². The monoisotopic (exact) mass is 382 g/mol. The number of halogens is 2. The van der Waals surface area contributed by atoms with E-state index in [1.165, 1.54) is 6.42 Å². The highest BCUT2D eigenvalue weighted by molar-refractivity contribution is 6.35. The minimum absolute atomic E-state index is 0.0630. The standard InChI is InChI=1S/C19H24Cl2N2O2/c20-16-5-4-15(17(21)13-16)12-18(24)22-10-6-14(7-11-22)19(25)23-8-2-1-3-9-23/h4-5,13-14H,1-3,6-12H2. The summed E-state index contributed by atoms with van der Waals surface area (Å²) in [5.41, 5.74) is 0.794. The maximum atomic E-state index is 12.6. The van der Waals surface area contributed by atoms with Crippen molar-refractivity contribution in [1.29, 1.82) is 0 Å². The molecule has 2 saturated heterocycles. The molecule has 4 nitrogen and oxygen atoms in total. The molecule has 2 amide bonds. The van der Waals surface area contributed by atoms with Crippen molar-refractivity contribution in [2.24, 2.45) is 5.92 Å². The van der Waals surface area contributed by atoms with Crippen LogP contribution in [0.3, 0.4) is 0 Å². The smallest absolute Gasteiger partial charge is 0.227 e. The number of carbonyl (C=O) groups excluding carboxylic acids is 2. The Hall–Kier alpha value is -1.26. The molecular formula is C19H24Cl2N2O2. The lowest BCUT2D eigenvalue weighted by atomic mass is 9.94. The van der Waals surface area contributed by atoms with Crippen molar-refractivity contribution >= 4 is 35.0 Å². The van der Waals surface area contributed by atoms with Crippen molar-refractivity contribution in [3.05, 3.63) is 33.8 Å². The Labute approximate surface area is 159 Å². The van der Waals surface area contributed by atoms with Crippen LogP contribution in [0.5, 0.6) is 0 Å². The van der Waals surface area contributed by atoms with E-state index in [-0.39, 0.29) is 24.2 Å². The van der Waals surface area contributed by atoms with Gasteiger partial charge in [-0.25, -0.2) is 0 Å². The van der Waals surface area contributed by atoms with Gasteiger partial charge in [-0.15, -0.1) is 0 Å². The molecule has 3 rings (SSSR count). The summed E-state index contributed by atoms with van der Waals surface area (Å²) in [6, 6.07) is 5.21. The molecule has 1 aromatic rings. The van der Waals surface area contributed by atoms with E-state index in [4.69, 9.17) is 23.2 Å². The maximum absolute atomic E-state index is 12.6. The second-order valence-corrected chi connectivity index (χ2v) is 7.80. The summed E-state index contributed by atoms with van der Waals surface area (Å²) in [5.74, 6) is 0.418. The zero-order valence-corrected chi connectivity index (χ0v) is 15.9. The second kappa shape index (κ2) is 8.41. The number of piperidine rings is 2. The van der Waals surface area contributed by atoms with Gasteiger partial charge in [0.2, 0.25) is 11.8 Å². The van der Waals surface area contributed by atoms with Crippen LogP contribution in [0.4, 0.5) is 0 Å². The van der Waals surface area contributed by atoms with Crippen molar-refractivity contribution in [2.75, 3.05) is 26.2 Å². The lowest BCUT2D eigenvalue weighted by Gasteiger charge is -2.35. The van der Waals surface area contributed by atoms with Gasteiger partial charge < -0.3 is 9.80 Å². The Morgan fingerprint density at radius 1 is 0.960 bits per heavy atom. The van der Waals surface area contributed by atoms with E-state index in [0.717, 1.165) is 44.3 Å². The van der Waals surface area contributed by atoms with E-state index < -0.39 is 0 Å². The van der Waals surface area contributed by atoms with Gasteiger partial charge in [-0.1, -0.05) is 29.3 Å². The molecule has 0 bridgehead atoms. The van der Waals surface area contributed by atoms with Gasteiger partial charge in [-0.05, 0) is 49.8 Å². The number of carbonyl (C=O) groups is 2. The SMILES string of the molecule is O=C(Cc1ccc(Cl)cc1Cl)N1CCC(C(=O)N2CCCCC2)CC1. The number of hydrogen-bond acceptors (Lipinski definition) is 2. The summed E-state index contributed by atoms with van der Waals surface area (Å²) in [6.07, 6.45) is 5.26. The molecule has 0 aliphatic carbocycles. The molecule has 0 saturated carbocycles. The van der Waals surface area contributed by atoms with Gasteiger partial charge in [0.1, 0.15) is 0 Å². The summed E-state index contributed by atoms with van der Waals surface area (Å²) in [5, 5.41) is 1.09. The molecule has 2 aliphatic heterocycles. The third-order valence-corrected chi connectivity index (χ3v) is 5.81. The fraction of sp³-hybridized carbons (Fsp3) is 0.579. The number of likely N-dealkylation sites (tertiary alicyclic amines) is 2. The molecule has 2 fully saturated rings. The Kier molecular flexibility index (Phi) is 6.24. The topological polar surface area (TPSA) is 40.6 Å². The fourth-order valence-corrected chi connectivity index (χ4v) is 4.16. The first-order valence-corrected chi connectivity index (χ1v) is 9.80. The first kappa shape index (κ1) is 18.5. The zero-order valence-electron chi connectivity index (χ0n) is 14.3. The fourth-order valence-electron chi connectivity index (χ4n) is 3.69. The van der Waals surface area contributed by atoms with Crippen LogP contribution in [0.15, 0.2) is 18.2 Å². The van der Waals surface area contributed by atoms with Crippen LogP contribution in [0.25, 0.3) is 0 Å². The van der Waals surface area contributed by atoms with Crippen LogP contribution in [0.1, 0.15) is 37.7 Å². The van der Waals surface area contributed by atoms with Crippen molar-refractivity contribution in [2.45, 2.75) is 38.5 Å². The Balaban J connectivity index is 1.51. The van der Waals surface area contributed by atoms with Crippen LogP contribution < -0.4 is 0 Å². The highest BCUT2D eigenvalue weighted by Gasteiger charge is 2.30. The predicted molar refractivity (Wildman–Crippen MR) is 99.9 cm³/mol. The maximum Gasteiger partial charge on any atom is 0.227 e. The largest absolute Gasteiger partial charge is 0.342 e. The number of rotatable bonds is 3. The van der Waals surface area contributed by atoms with Gasteiger partial charge in [0.25, 0.3) is 0 Å². The summed E-state index contributed by atoms with van der Waals surface area (Å²) in [4.78, 5) is 29.0. The predicted octanol–water partition coefficient (Wildman–Crippen LogP) is 3.79. The first-order valence-electron chi connectivity index (χ1n) is 9.05. The molecule has 0 atom stereocenters. The van der Waals surface area contributed by atoms with E-state index >= 15 is 0 Å². The molecule has 25 heavy (non-hydrogen) atoms. The van der Waals surface area contributed by atoms with Crippen LogP contribution >= 0.6 is 23.2 Å². The lowest BCUT2D eigenvalue weighted by Crippen LogP contribution is -2.46. The summed E-state index contributed by atoms with van der Waals surface area (Å²) in [6.45, 7) is 3.09. The number of amides is 2. The quantitative estimate of drug-likeness (QED) is 0.797. The van der Waals surface area contributed by atoms with E-state index in [2.05, 4.69) is 0 Å². The average molecular weight is 383 g/mol. The van der Waals surface area contributed by atoms with E-state index in [0.29, 0.717) is 23.1 Å². The average Bonchev–Trinajstić information content (AvgIpc) is 2.64. The minimum Gasteiger partial charge on any atom is -0.342 e. The molecule has 0 aromatic heterocycles. The third kappa shape index (κ3) is 4.68. The molecular weight excluding hydrogens is 359 g/mol. The molecule has 0 unspecified atom stereocenters. The van der Waals surface area contributed by atoms with Crippen molar-refractivity contribution in [3.63, 3.8) is 0 Å². The molecule has 136 valence electrons. The van der Waals surface area contributed by atoms with Gasteiger partial charge >= 0.3 is 0 Å². The molecule has 0 spiro atoms. The van der Waals surface area contributed by atoms with Crippen LogP contribution in [-0.4, -0.2) is 47.8 Å². The second-order valence-electron chi connectivity index (χ2n) is 6.95. The normalized spacial score (nSPS) is 19.1. The number of nitrogens with zero attached hydrogens (tertiary/aromatic N) is 2. The summed E-state index contributed by atoms with van der Waals surface area (Å²) >= 11 is 12.1. The molecule has 2 aliphatic rings. The Morgan fingerprint density at radius 2 is 1.64 bits per heavy atom. The van der Waals surface area contributed by atoms with Crippen molar-refractivity contribution in [1.82, 2.24) is 9.80 Å². The van der Waals surface area contributed by atoms with Crippen LogP contribution in [0, 0.1) is 5.92 Å². The molecule has 0 radical (unpaired) electrons. The lowest BCUT2D eigenvalue weighted by molar-refractivity contribution is -0.141. The van der Waals surface area contributed by atoms with E-state index in [9.17, 15) is 9.59 Å². The summed E-state index contributed by atoms with van der Waals surface area (Å²) < 4.78 is 0. The molecule has 6 heteroatoms. The van der Waals surface area contributed by atoms with Crippen LogP contribution in [0.2, 0.25) is 10.0 Å². The molecule has 0 N–H and O–H groups in total. The highest BCUT2D eigenvalue weighted by Crippen LogP contribution is 2.25. The zero-order chi connectivity index (χ0) is 17.8. The highest BCUT2D eigenvalue weighted by atomic mass is 35.5.